The summed E-state index contributed by atoms with van der Waals surface area (Å²) in [4.78, 5) is 4.87. The van der Waals surface area contributed by atoms with Crippen molar-refractivity contribution in [3.05, 3.63) is 123 Å². The highest BCUT2D eigenvalue weighted by atomic mass is 35.5. The molecule has 0 saturated carbocycles. The van der Waals surface area contributed by atoms with E-state index in [0.717, 1.165) is 32.8 Å². The van der Waals surface area contributed by atoms with Crippen molar-refractivity contribution in [1.29, 1.82) is 0 Å². The van der Waals surface area contributed by atoms with E-state index in [0.29, 0.717) is 0 Å². The average molecular weight is 601 g/mol. The molecule has 214 valence electrons. The van der Waals surface area contributed by atoms with Crippen LogP contribution in [-0.2, 0) is 5.41 Å². The first kappa shape index (κ1) is 28.1. The number of aryl methyl sites for hydroxylation is 4. The highest BCUT2D eigenvalue weighted by molar-refractivity contribution is 7.00. The summed E-state index contributed by atoms with van der Waals surface area (Å²) in [5.74, 6) is 0. The van der Waals surface area contributed by atoms with Gasteiger partial charge in [-0.15, -0.1) is 0 Å². The van der Waals surface area contributed by atoms with Crippen molar-refractivity contribution in [2.45, 2.75) is 53.9 Å². The Hall–Kier alpha value is -3.66. The molecule has 0 aliphatic carbocycles. The van der Waals surface area contributed by atoms with Crippen LogP contribution < -0.4 is 26.2 Å². The molecule has 0 amide bonds. The van der Waals surface area contributed by atoms with Gasteiger partial charge in [-0.25, -0.2) is 0 Å². The molecule has 5 heteroatoms. The molecule has 0 aromatic heterocycles. The SMILES string of the molecule is Cc1cc(C)cc(N2c3cc(Cl)ccc3B3c4ccc(Cl)cc4N(c4cc(C)cc(C)c4)c4cc(C(C)(C)C)cc2c43)c1. The maximum atomic E-state index is 6.76. The summed E-state index contributed by atoms with van der Waals surface area (Å²) in [5.41, 5.74) is 16.8. The Morgan fingerprint density at radius 1 is 0.512 bits per heavy atom. The van der Waals surface area contributed by atoms with Gasteiger partial charge >= 0.3 is 0 Å². The predicted octanol–water partition coefficient (Wildman–Crippen LogP) is 9.61. The molecule has 2 nitrogen and oxygen atoms in total. The second-order valence-electron chi connectivity index (χ2n) is 13.4. The minimum Gasteiger partial charge on any atom is -0.311 e. The van der Waals surface area contributed by atoms with Crippen LogP contribution in [0.1, 0.15) is 48.6 Å². The Labute approximate surface area is 266 Å². The summed E-state index contributed by atoms with van der Waals surface area (Å²) < 4.78 is 0. The van der Waals surface area contributed by atoms with Crippen molar-refractivity contribution >= 4 is 80.4 Å². The average Bonchev–Trinajstić information content (AvgIpc) is 2.90. The van der Waals surface area contributed by atoms with Gasteiger partial charge in [0.25, 0.3) is 6.71 Å². The van der Waals surface area contributed by atoms with E-state index in [2.05, 4.69) is 131 Å². The van der Waals surface area contributed by atoms with Gasteiger partial charge in [0.15, 0.2) is 0 Å². The molecule has 0 fully saturated rings. The summed E-state index contributed by atoms with van der Waals surface area (Å²) >= 11 is 13.5. The fourth-order valence-corrected chi connectivity index (χ4v) is 7.42. The second kappa shape index (κ2) is 9.94. The Morgan fingerprint density at radius 3 is 1.28 bits per heavy atom. The second-order valence-corrected chi connectivity index (χ2v) is 14.3. The number of halogens is 2. The number of benzene rings is 5. The van der Waals surface area contributed by atoms with Crippen LogP contribution in [0, 0.1) is 27.7 Å². The van der Waals surface area contributed by atoms with Crippen LogP contribution in [-0.4, -0.2) is 6.71 Å². The van der Waals surface area contributed by atoms with Crippen LogP contribution in [0.4, 0.5) is 34.1 Å². The minimum atomic E-state index is -0.0768. The van der Waals surface area contributed by atoms with E-state index >= 15 is 0 Å². The number of nitrogens with zero attached hydrogens (tertiary/aromatic N) is 2. The van der Waals surface area contributed by atoms with Crippen molar-refractivity contribution in [2.75, 3.05) is 9.80 Å². The topological polar surface area (TPSA) is 6.48 Å². The molecule has 0 bridgehead atoms. The van der Waals surface area contributed by atoms with Gasteiger partial charge in [-0.3, -0.25) is 0 Å². The molecule has 0 spiro atoms. The predicted molar refractivity (Wildman–Crippen MR) is 188 cm³/mol. The van der Waals surface area contributed by atoms with Crippen LogP contribution in [0.15, 0.2) is 84.9 Å². The molecule has 2 aliphatic heterocycles. The molecule has 0 atom stereocenters. The number of hydrogen-bond donors (Lipinski definition) is 0. The minimum absolute atomic E-state index is 0.0304. The zero-order chi connectivity index (χ0) is 30.4. The smallest absolute Gasteiger partial charge is 0.252 e. The van der Waals surface area contributed by atoms with Crippen molar-refractivity contribution in [1.82, 2.24) is 0 Å². The fraction of sp³-hybridized carbons (Fsp3) is 0.211. The van der Waals surface area contributed by atoms with Crippen LogP contribution in [0.2, 0.25) is 10.0 Å². The molecule has 0 saturated heterocycles. The largest absolute Gasteiger partial charge is 0.311 e. The normalized spacial score (nSPS) is 13.6. The van der Waals surface area contributed by atoms with E-state index in [4.69, 9.17) is 23.2 Å². The van der Waals surface area contributed by atoms with Crippen molar-refractivity contribution in [3.8, 4) is 0 Å². The molecule has 5 aromatic carbocycles. The monoisotopic (exact) mass is 600 g/mol. The van der Waals surface area contributed by atoms with Crippen molar-refractivity contribution in [3.63, 3.8) is 0 Å². The van der Waals surface area contributed by atoms with Gasteiger partial charge in [0.1, 0.15) is 0 Å². The molecule has 43 heavy (non-hydrogen) atoms. The Balaban J connectivity index is 1.65. The van der Waals surface area contributed by atoms with Crippen LogP contribution >= 0.6 is 23.2 Å². The van der Waals surface area contributed by atoms with E-state index < -0.39 is 0 Å². The number of hydrogen-bond acceptors (Lipinski definition) is 2. The van der Waals surface area contributed by atoms with Gasteiger partial charge in [0, 0.05) is 44.2 Å². The molecule has 7 rings (SSSR count). The van der Waals surface area contributed by atoms with E-state index in [1.165, 1.54) is 55.6 Å². The molecular weight excluding hydrogens is 566 g/mol. The lowest BCUT2D eigenvalue weighted by Crippen LogP contribution is -2.61. The first-order valence-electron chi connectivity index (χ1n) is 14.9. The first-order chi connectivity index (χ1) is 20.4. The number of fused-ring (bicyclic) bond motifs is 4. The summed E-state index contributed by atoms with van der Waals surface area (Å²) in [7, 11) is 0. The van der Waals surface area contributed by atoms with E-state index in [1.54, 1.807) is 0 Å². The summed E-state index contributed by atoms with van der Waals surface area (Å²) in [5, 5.41) is 1.46. The molecule has 5 aromatic rings. The third-order valence-electron chi connectivity index (χ3n) is 8.79. The molecule has 0 unspecified atom stereocenters. The molecule has 2 heterocycles. The third-order valence-corrected chi connectivity index (χ3v) is 9.26. The quantitative estimate of drug-likeness (QED) is 0.182. The zero-order valence-corrected chi connectivity index (χ0v) is 27.3. The molecule has 2 aliphatic rings. The Morgan fingerprint density at radius 2 is 0.907 bits per heavy atom. The van der Waals surface area contributed by atoms with Gasteiger partial charge in [0.05, 0.1) is 0 Å². The van der Waals surface area contributed by atoms with Gasteiger partial charge in [-0.1, -0.05) is 68.2 Å². The number of rotatable bonds is 2. The van der Waals surface area contributed by atoms with Gasteiger partial charge < -0.3 is 9.80 Å². The van der Waals surface area contributed by atoms with Crippen molar-refractivity contribution in [2.24, 2.45) is 0 Å². The van der Waals surface area contributed by atoms with E-state index in [1.807, 2.05) is 12.1 Å². The maximum Gasteiger partial charge on any atom is 0.252 e. The van der Waals surface area contributed by atoms with Gasteiger partial charge in [-0.2, -0.15) is 0 Å². The van der Waals surface area contributed by atoms with Gasteiger partial charge in [0.2, 0.25) is 0 Å². The Kier molecular flexibility index (Phi) is 6.50. The molecule has 0 N–H and O–H groups in total. The zero-order valence-electron chi connectivity index (χ0n) is 25.8. The summed E-state index contributed by atoms with van der Waals surface area (Å²) in [6, 6.07) is 31.2. The van der Waals surface area contributed by atoms with Crippen LogP contribution in [0.25, 0.3) is 0 Å². The van der Waals surface area contributed by atoms with Crippen molar-refractivity contribution < 1.29 is 0 Å². The lowest BCUT2D eigenvalue weighted by molar-refractivity contribution is 0.590. The molecule has 0 radical (unpaired) electrons. The fourth-order valence-electron chi connectivity index (χ4n) is 7.08. The number of anilines is 6. The summed E-state index contributed by atoms with van der Waals surface area (Å²) in [6.45, 7) is 15.6. The van der Waals surface area contributed by atoms with Crippen LogP contribution in [0.3, 0.4) is 0 Å². The standard InChI is InChI=1S/C38H35BCl2N2/c1-22-12-23(2)15-29(14-22)42-33-20-27(40)8-10-31(33)39-32-11-9-28(41)21-34(32)43(30-16-24(3)13-25(4)17-30)36-19-26(38(5,6)7)18-35(42)37(36)39/h8-21H,1-7H3. The lowest BCUT2D eigenvalue weighted by Gasteiger charge is -2.45. The lowest BCUT2D eigenvalue weighted by atomic mass is 9.33. The Bertz CT molecular complexity index is 1780. The van der Waals surface area contributed by atoms with E-state index in [9.17, 15) is 0 Å². The highest BCUT2D eigenvalue weighted by Crippen LogP contribution is 2.47. The maximum absolute atomic E-state index is 6.76. The summed E-state index contributed by atoms with van der Waals surface area (Å²) in [6.07, 6.45) is 0. The van der Waals surface area contributed by atoms with Gasteiger partial charge in [-0.05, 0) is 138 Å². The molecular formula is C38H35BCl2N2. The third kappa shape index (κ3) is 4.65. The first-order valence-corrected chi connectivity index (χ1v) is 15.7. The highest BCUT2D eigenvalue weighted by Gasteiger charge is 2.44. The van der Waals surface area contributed by atoms with E-state index in [-0.39, 0.29) is 12.1 Å². The van der Waals surface area contributed by atoms with Crippen LogP contribution in [0.5, 0.6) is 0 Å².